The zero-order valence-corrected chi connectivity index (χ0v) is 14.1. The molecule has 0 unspecified atom stereocenters. The first-order chi connectivity index (χ1) is 12.1. The van der Waals surface area contributed by atoms with Crippen LogP contribution in [0, 0.1) is 0 Å². The first-order valence-electron chi connectivity index (χ1n) is 7.70. The molecule has 25 heavy (non-hydrogen) atoms. The van der Waals surface area contributed by atoms with E-state index in [9.17, 15) is 9.59 Å². The topological polar surface area (TPSA) is 79.3 Å². The molecule has 3 aromatic rings. The number of nitrogens with one attached hydrogen (secondary N) is 1. The maximum atomic E-state index is 12.5. The Hall–Kier alpha value is -2.99. The molecule has 0 saturated heterocycles. The third kappa shape index (κ3) is 4.30. The fourth-order valence-electron chi connectivity index (χ4n) is 2.49. The van der Waals surface area contributed by atoms with Gasteiger partial charge in [-0.15, -0.1) is 11.3 Å². The summed E-state index contributed by atoms with van der Waals surface area (Å²) in [7, 11) is 0. The van der Waals surface area contributed by atoms with Crippen molar-refractivity contribution >= 4 is 23.2 Å². The summed E-state index contributed by atoms with van der Waals surface area (Å²) < 4.78 is 0. The largest absolute Gasteiger partial charge is 0.481 e. The van der Waals surface area contributed by atoms with E-state index in [0.717, 1.165) is 16.7 Å². The Balaban J connectivity index is 1.78. The van der Waals surface area contributed by atoms with Gasteiger partial charge in [-0.3, -0.25) is 14.6 Å². The molecule has 2 aromatic heterocycles. The van der Waals surface area contributed by atoms with Crippen molar-refractivity contribution < 1.29 is 14.7 Å². The molecule has 0 bridgehead atoms. The van der Waals surface area contributed by atoms with Crippen molar-refractivity contribution in [1.29, 1.82) is 0 Å². The van der Waals surface area contributed by atoms with Crippen LogP contribution in [0.4, 0.5) is 0 Å². The molecule has 126 valence electrons. The molecule has 2 N–H and O–H groups in total. The molecule has 0 fully saturated rings. The van der Waals surface area contributed by atoms with Crippen molar-refractivity contribution in [2.45, 2.75) is 12.5 Å². The standard InChI is InChI=1S/C19H16N2O3S/c22-18(23)11-16(14-4-2-1-3-5-14)21-19(24)17-10-15(12-25-17)13-6-8-20-9-7-13/h1-10,12,16H,11H2,(H,21,24)(H,22,23)/t16-/m1/s1. The number of benzene rings is 1. The molecule has 0 saturated carbocycles. The lowest BCUT2D eigenvalue weighted by Gasteiger charge is -2.16. The highest BCUT2D eigenvalue weighted by Gasteiger charge is 2.20. The predicted octanol–water partition coefficient (Wildman–Crippen LogP) is 3.76. The Kier molecular flexibility index (Phi) is 5.20. The monoisotopic (exact) mass is 352 g/mol. The quantitative estimate of drug-likeness (QED) is 0.708. The average molecular weight is 352 g/mol. The van der Waals surface area contributed by atoms with Crippen molar-refractivity contribution in [3.8, 4) is 11.1 Å². The number of thiophene rings is 1. The van der Waals surface area contributed by atoms with E-state index < -0.39 is 12.0 Å². The zero-order valence-electron chi connectivity index (χ0n) is 13.3. The van der Waals surface area contributed by atoms with E-state index in [2.05, 4.69) is 10.3 Å². The van der Waals surface area contributed by atoms with Crippen molar-refractivity contribution in [1.82, 2.24) is 10.3 Å². The van der Waals surface area contributed by atoms with Gasteiger partial charge in [0.1, 0.15) is 0 Å². The van der Waals surface area contributed by atoms with Crippen LogP contribution < -0.4 is 5.32 Å². The van der Waals surface area contributed by atoms with Crippen LogP contribution in [-0.4, -0.2) is 22.0 Å². The van der Waals surface area contributed by atoms with E-state index in [4.69, 9.17) is 5.11 Å². The second kappa shape index (κ2) is 7.72. The number of carbonyl (C=O) groups is 2. The van der Waals surface area contributed by atoms with Crippen LogP contribution in [-0.2, 0) is 4.79 Å². The molecule has 0 aliphatic carbocycles. The van der Waals surface area contributed by atoms with Crippen molar-refractivity contribution in [3.05, 3.63) is 76.7 Å². The number of aromatic nitrogens is 1. The number of hydrogen-bond donors (Lipinski definition) is 2. The third-order valence-corrected chi connectivity index (χ3v) is 4.65. The molecular weight excluding hydrogens is 336 g/mol. The van der Waals surface area contributed by atoms with E-state index in [1.54, 1.807) is 18.5 Å². The smallest absolute Gasteiger partial charge is 0.305 e. The van der Waals surface area contributed by atoms with Crippen molar-refractivity contribution in [2.24, 2.45) is 0 Å². The van der Waals surface area contributed by atoms with E-state index in [0.29, 0.717) is 4.88 Å². The lowest BCUT2D eigenvalue weighted by atomic mass is 10.0. The summed E-state index contributed by atoms with van der Waals surface area (Å²) in [6.07, 6.45) is 3.23. The Bertz CT molecular complexity index is 863. The Morgan fingerprint density at radius 3 is 2.48 bits per heavy atom. The van der Waals surface area contributed by atoms with E-state index in [1.807, 2.05) is 47.8 Å². The number of amides is 1. The van der Waals surface area contributed by atoms with Crippen LogP contribution >= 0.6 is 11.3 Å². The Morgan fingerprint density at radius 2 is 1.80 bits per heavy atom. The summed E-state index contributed by atoms with van der Waals surface area (Å²) >= 11 is 1.33. The number of carboxylic acid groups (broad SMARTS) is 1. The van der Waals surface area contributed by atoms with Gasteiger partial charge in [-0.25, -0.2) is 0 Å². The molecule has 5 nitrogen and oxygen atoms in total. The summed E-state index contributed by atoms with van der Waals surface area (Å²) in [6, 6.07) is 14.1. The number of pyridine rings is 1. The molecule has 0 aliphatic rings. The van der Waals surface area contributed by atoms with Crippen molar-refractivity contribution in [2.75, 3.05) is 0 Å². The van der Waals surface area contributed by atoms with Crippen LogP contribution in [0.25, 0.3) is 11.1 Å². The number of hydrogen-bond acceptors (Lipinski definition) is 4. The Labute approximate surface area is 149 Å². The van der Waals surface area contributed by atoms with Gasteiger partial charge < -0.3 is 10.4 Å². The highest BCUT2D eigenvalue weighted by atomic mass is 32.1. The van der Waals surface area contributed by atoms with Gasteiger partial charge in [0, 0.05) is 12.4 Å². The number of carboxylic acids is 1. The van der Waals surface area contributed by atoms with Crippen LogP contribution in [0.5, 0.6) is 0 Å². The summed E-state index contributed by atoms with van der Waals surface area (Å²) in [4.78, 5) is 28.2. The molecule has 0 radical (unpaired) electrons. The minimum atomic E-state index is -0.960. The Morgan fingerprint density at radius 1 is 1.08 bits per heavy atom. The number of carbonyl (C=O) groups excluding carboxylic acids is 1. The average Bonchev–Trinajstić information content (AvgIpc) is 3.12. The van der Waals surface area contributed by atoms with Gasteiger partial charge in [0.2, 0.25) is 0 Å². The normalized spacial score (nSPS) is 11.7. The van der Waals surface area contributed by atoms with Crippen molar-refractivity contribution in [3.63, 3.8) is 0 Å². The SMILES string of the molecule is O=C(O)C[C@@H](NC(=O)c1cc(-c2ccncc2)cs1)c1ccccc1. The zero-order chi connectivity index (χ0) is 17.6. The van der Waals surface area contributed by atoms with E-state index >= 15 is 0 Å². The van der Waals surface area contributed by atoms with Crippen LogP contribution in [0.2, 0.25) is 0 Å². The fourth-order valence-corrected chi connectivity index (χ4v) is 3.31. The molecule has 0 aliphatic heterocycles. The second-order valence-corrected chi connectivity index (χ2v) is 6.38. The lowest BCUT2D eigenvalue weighted by molar-refractivity contribution is -0.137. The van der Waals surface area contributed by atoms with Gasteiger partial charge in [-0.05, 0) is 40.3 Å². The predicted molar refractivity (Wildman–Crippen MR) is 96.5 cm³/mol. The lowest BCUT2D eigenvalue weighted by Crippen LogP contribution is -2.29. The first-order valence-corrected chi connectivity index (χ1v) is 8.58. The maximum Gasteiger partial charge on any atom is 0.305 e. The molecule has 1 aromatic carbocycles. The summed E-state index contributed by atoms with van der Waals surface area (Å²) in [6.45, 7) is 0. The maximum absolute atomic E-state index is 12.5. The van der Waals surface area contributed by atoms with Crippen LogP contribution in [0.3, 0.4) is 0 Å². The first kappa shape index (κ1) is 16.9. The highest BCUT2D eigenvalue weighted by molar-refractivity contribution is 7.12. The molecule has 3 rings (SSSR count). The van der Waals surface area contributed by atoms with Gasteiger partial charge in [0.15, 0.2) is 0 Å². The summed E-state index contributed by atoms with van der Waals surface area (Å²) in [5.41, 5.74) is 2.69. The van der Waals surface area contributed by atoms with Gasteiger partial charge >= 0.3 is 5.97 Å². The molecule has 0 spiro atoms. The minimum absolute atomic E-state index is 0.168. The van der Waals surface area contributed by atoms with Gasteiger partial charge in [-0.2, -0.15) is 0 Å². The number of rotatable bonds is 6. The molecular formula is C19H16N2O3S. The van der Waals surface area contributed by atoms with Crippen LogP contribution in [0.1, 0.15) is 27.7 Å². The number of aliphatic carboxylic acids is 1. The second-order valence-electron chi connectivity index (χ2n) is 5.47. The number of nitrogens with zero attached hydrogens (tertiary/aromatic N) is 1. The van der Waals surface area contributed by atoms with E-state index in [-0.39, 0.29) is 12.3 Å². The summed E-state index contributed by atoms with van der Waals surface area (Å²) in [5, 5.41) is 13.9. The minimum Gasteiger partial charge on any atom is -0.481 e. The van der Waals surface area contributed by atoms with E-state index in [1.165, 1.54) is 11.3 Å². The fraction of sp³-hybridized carbons (Fsp3) is 0.105. The summed E-state index contributed by atoms with van der Waals surface area (Å²) in [5.74, 6) is -1.24. The van der Waals surface area contributed by atoms with Gasteiger partial charge in [0.05, 0.1) is 17.3 Å². The van der Waals surface area contributed by atoms with Gasteiger partial charge in [0.25, 0.3) is 5.91 Å². The highest BCUT2D eigenvalue weighted by Crippen LogP contribution is 2.26. The third-order valence-electron chi connectivity index (χ3n) is 3.72. The molecule has 1 amide bonds. The van der Waals surface area contributed by atoms with Gasteiger partial charge in [-0.1, -0.05) is 30.3 Å². The molecule has 2 heterocycles. The molecule has 1 atom stereocenters. The molecule has 6 heteroatoms. The van der Waals surface area contributed by atoms with Crippen LogP contribution in [0.15, 0.2) is 66.3 Å².